The van der Waals surface area contributed by atoms with Gasteiger partial charge in [0.1, 0.15) is 6.04 Å². The molecule has 2 aromatic carbocycles. The number of hydrogen-bond acceptors (Lipinski definition) is 2. The lowest BCUT2D eigenvalue weighted by Crippen LogP contribution is -2.46. The minimum Gasteiger partial charge on any atom is -0.357 e. The predicted molar refractivity (Wildman–Crippen MR) is 105 cm³/mol. The molecule has 2 rings (SSSR count). The maximum absolute atomic E-state index is 12.8. The first-order valence-electron chi connectivity index (χ1n) is 8.71. The summed E-state index contributed by atoms with van der Waals surface area (Å²) in [5.74, 6) is -0.239. The van der Waals surface area contributed by atoms with Crippen molar-refractivity contribution < 1.29 is 9.59 Å². The van der Waals surface area contributed by atoms with E-state index in [-0.39, 0.29) is 11.8 Å². The standard InChI is InChI=1S/C21H25ClN2O2/c1-15-7-9-17(10-8-15)11-12-20(25)24(16(2)21(26)23-3)14-18-5-4-6-19(22)13-18/h4-10,13,16H,11-12,14H2,1-3H3,(H,23,26)/t16-/m0/s1. The Labute approximate surface area is 160 Å². The van der Waals surface area contributed by atoms with Gasteiger partial charge in [0.05, 0.1) is 0 Å². The summed E-state index contributed by atoms with van der Waals surface area (Å²) in [6.07, 6.45) is 0.997. The molecule has 1 atom stereocenters. The van der Waals surface area contributed by atoms with Crippen LogP contribution in [0.3, 0.4) is 0 Å². The largest absolute Gasteiger partial charge is 0.357 e. The molecule has 26 heavy (non-hydrogen) atoms. The normalized spacial score (nSPS) is 11.7. The number of rotatable bonds is 7. The van der Waals surface area contributed by atoms with Crippen molar-refractivity contribution in [1.29, 1.82) is 0 Å². The molecule has 0 aromatic heterocycles. The molecular formula is C21H25ClN2O2. The van der Waals surface area contributed by atoms with Gasteiger partial charge >= 0.3 is 0 Å². The van der Waals surface area contributed by atoms with E-state index in [9.17, 15) is 9.59 Å². The van der Waals surface area contributed by atoms with Gasteiger partial charge in [-0.05, 0) is 43.5 Å². The van der Waals surface area contributed by atoms with Crippen molar-refractivity contribution in [2.45, 2.75) is 39.3 Å². The number of benzene rings is 2. The fourth-order valence-corrected chi connectivity index (χ4v) is 2.99. The summed E-state index contributed by atoms with van der Waals surface area (Å²) in [6.45, 7) is 4.13. The zero-order chi connectivity index (χ0) is 19.1. The molecular weight excluding hydrogens is 348 g/mol. The Morgan fingerprint density at radius 3 is 2.42 bits per heavy atom. The molecule has 4 nitrogen and oxygen atoms in total. The molecule has 0 unspecified atom stereocenters. The first-order chi connectivity index (χ1) is 12.4. The molecule has 5 heteroatoms. The van der Waals surface area contributed by atoms with Crippen LogP contribution in [0.25, 0.3) is 0 Å². The maximum atomic E-state index is 12.8. The van der Waals surface area contributed by atoms with E-state index in [1.54, 1.807) is 24.9 Å². The second kappa shape index (κ2) is 9.39. The molecule has 0 heterocycles. The van der Waals surface area contributed by atoms with Crippen LogP contribution in [0.4, 0.5) is 0 Å². The second-order valence-electron chi connectivity index (χ2n) is 6.43. The van der Waals surface area contributed by atoms with Gasteiger partial charge in [-0.25, -0.2) is 0 Å². The zero-order valence-corrected chi connectivity index (χ0v) is 16.2. The van der Waals surface area contributed by atoms with Crippen molar-refractivity contribution >= 4 is 23.4 Å². The molecule has 0 bridgehead atoms. The van der Waals surface area contributed by atoms with Gasteiger partial charge in [-0.1, -0.05) is 53.6 Å². The van der Waals surface area contributed by atoms with Crippen LogP contribution < -0.4 is 5.32 Å². The highest BCUT2D eigenvalue weighted by Gasteiger charge is 2.25. The Hall–Kier alpha value is -2.33. The highest BCUT2D eigenvalue weighted by atomic mass is 35.5. The highest BCUT2D eigenvalue weighted by Crippen LogP contribution is 2.16. The molecule has 0 fully saturated rings. The van der Waals surface area contributed by atoms with Gasteiger partial charge in [-0.2, -0.15) is 0 Å². The Morgan fingerprint density at radius 2 is 1.81 bits per heavy atom. The lowest BCUT2D eigenvalue weighted by molar-refractivity contribution is -0.140. The molecule has 0 aliphatic heterocycles. The van der Waals surface area contributed by atoms with E-state index in [1.807, 2.05) is 49.4 Å². The number of amides is 2. The summed E-state index contributed by atoms with van der Waals surface area (Å²) in [6, 6.07) is 14.9. The summed E-state index contributed by atoms with van der Waals surface area (Å²) >= 11 is 6.05. The van der Waals surface area contributed by atoms with Crippen LogP contribution in [0.15, 0.2) is 48.5 Å². The third kappa shape index (κ3) is 5.60. The van der Waals surface area contributed by atoms with Crippen molar-refractivity contribution in [1.82, 2.24) is 10.2 Å². The monoisotopic (exact) mass is 372 g/mol. The summed E-state index contributed by atoms with van der Waals surface area (Å²) < 4.78 is 0. The van der Waals surface area contributed by atoms with Crippen LogP contribution in [0.5, 0.6) is 0 Å². The van der Waals surface area contributed by atoms with E-state index in [0.29, 0.717) is 24.4 Å². The Morgan fingerprint density at radius 1 is 1.12 bits per heavy atom. The van der Waals surface area contributed by atoms with Gasteiger partial charge in [0.2, 0.25) is 11.8 Å². The molecule has 0 aliphatic rings. The van der Waals surface area contributed by atoms with Crippen LogP contribution >= 0.6 is 11.6 Å². The number of nitrogens with one attached hydrogen (secondary N) is 1. The summed E-state index contributed by atoms with van der Waals surface area (Å²) in [4.78, 5) is 26.6. The maximum Gasteiger partial charge on any atom is 0.242 e. The lowest BCUT2D eigenvalue weighted by atomic mass is 10.1. The first kappa shape index (κ1) is 20.0. The Bertz CT molecular complexity index is 759. The van der Waals surface area contributed by atoms with E-state index in [0.717, 1.165) is 11.1 Å². The first-order valence-corrected chi connectivity index (χ1v) is 9.09. The summed E-state index contributed by atoms with van der Waals surface area (Å²) in [5, 5.41) is 3.23. The number of nitrogens with zero attached hydrogens (tertiary/aromatic N) is 1. The average Bonchev–Trinajstić information content (AvgIpc) is 2.64. The fraction of sp³-hybridized carbons (Fsp3) is 0.333. The van der Waals surface area contributed by atoms with Gasteiger partial charge in [0.15, 0.2) is 0 Å². The van der Waals surface area contributed by atoms with Gasteiger partial charge in [-0.15, -0.1) is 0 Å². The smallest absolute Gasteiger partial charge is 0.242 e. The van der Waals surface area contributed by atoms with Crippen LogP contribution in [0.1, 0.15) is 30.0 Å². The van der Waals surface area contributed by atoms with Gasteiger partial charge < -0.3 is 10.2 Å². The average molecular weight is 373 g/mol. The molecule has 1 N–H and O–H groups in total. The molecule has 0 saturated heterocycles. The van der Waals surface area contributed by atoms with E-state index >= 15 is 0 Å². The van der Waals surface area contributed by atoms with E-state index in [2.05, 4.69) is 5.32 Å². The molecule has 0 saturated carbocycles. The third-order valence-electron chi connectivity index (χ3n) is 4.40. The van der Waals surface area contributed by atoms with Gasteiger partial charge in [0.25, 0.3) is 0 Å². The van der Waals surface area contributed by atoms with Crippen molar-refractivity contribution in [3.05, 3.63) is 70.2 Å². The summed E-state index contributed by atoms with van der Waals surface area (Å²) in [5.41, 5.74) is 3.20. The quantitative estimate of drug-likeness (QED) is 0.804. The molecule has 2 aromatic rings. The minimum atomic E-state index is -0.551. The van der Waals surface area contributed by atoms with Crippen LogP contribution in [0, 0.1) is 6.92 Å². The van der Waals surface area contributed by atoms with Crippen LogP contribution in [-0.4, -0.2) is 29.8 Å². The van der Waals surface area contributed by atoms with E-state index < -0.39 is 6.04 Å². The van der Waals surface area contributed by atoms with E-state index in [4.69, 9.17) is 11.6 Å². The Kier molecular flexibility index (Phi) is 7.22. The predicted octanol–water partition coefficient (Wildman–Crippen LogP) is 3.74. The highest BCUT2D eigenvalue weighted by molar-refractivity contribution is 6.30. The molecule has 138 valence electrons. The van der Waals surface area contributed by atoms with Crippen LogP contribution in [-0.2, 0) is 22.6 Å². The number of hydrogen-bond donors (Lipinski definition) is 1. The van der Waals surface area contributed by atoms with Crippen molar-refractivity contribution in [3.8, 4) is 0 Å². The van der Waals surface area contributed by atoms with Crippen molar-refractivity contribution in [2.24, 2.45) is 0 Å². The zero-order valence-electron chi connectivity index (χ0n) is 15.5. The van der Waals surface area contributed by atoms with Crippen molar-refractivity contribution in [3.63, 3.8) is 0 Å². The topological polar surface area (TPSA) is 49.4 Å². The molecule has 0 spiro atoms. The van der Waals surface area contributed by atoms with Crippen molar-refractivity contribution in [2.75, 3.05) is 7.05 Å². The molecule has 0 radical (unpaired) electrons. The fourth-order valence-electron chi connectivity index (χ4n) is 2.77. The molecule has 2 amide bonds. The number of likely N-dealkylation sites (N-methyl/N-ethyl adjacent to an activating group) is 1. The SMILES string of the molecule is CNC(=O)[C@H](C)N(Cc1cccc(Cl)c1)C(=O)CCc1ccc(C)cc1. The Balaban J connectivity index is 2.12. The van der Waals surface area contributed by atoms with Gasteiger partial charge in [-0.3, -0.25) is 9.59 Å². The third-order valence-corrected chi connectivity index (χ3v) is 4.64. The number of carbonyl (C=O) groups excluding carboxylic acids is 2. The summed E-state index contributed by atoms with van der Waals surface area (Å²) in [7, 11) is 1.58. The van der Waals surface area contributed by atoms with E-state index in [1.165, 1.54) is 5.56 Å². The molecule has 0 aliphatic carbocycles. The van der Waals surface area contributed by atoms with Crippen LogP contribution in [0.2, 0.25) is 5.02 Å². The second-order valence-corrected chi connectivity index (χ2v) is 6.86. The minimum absolute atomic E-state index is 0.0540. The number of aryl methyl sites for hydroxylation is 2. The lowest BCUT2D eigenvalue weighted by Gasteiger charge is -2.28. The number of carbonyl (C=O) groups is 2. The number of halogens is 1. The van der Waals surface area contributed by atoms with Gasteiger partial charge in [0, 0.05) is 25.0 Å².